The molecular formula is C14H19N3O3. The second kappa shape index (κ2) is 6.11. The molecule has 2 aliphatic rings. The minimum Gasteiger partial charge on any atom is -0.490 e. The number of nitrogens with one attached hydrogen (secondary N) is 3. The number of ether oxygens (including phenoxy) is 2. The number of carbonyl (C=O) groups excluding carboxylic acids is 1. The molecule has 0 bridgehead atoms. The molecule has 2 aliphatic heterocycles. The van der Waals surface area contributed by atoms with E-state index in [-0.39, 0.29) is 11.9 Å². The fraction of sp³-hybridized carbons (Fsp3) is 0.500. The zero-order chi connectivity index (χ0) is 13.8. The molecular weight excluding hydrogens is 258 g/mol. The van der Waals surface area contributed by atoms with E-state index in [1.807, 2.05) is 18.2 Å². The van der Waals surface area contributed by atoms with Crippen molar-refractivity contribution in [3.05, 3.63) is 18.2 Å². The first kappa shape index (κ1) is 13.2. The number of fused-ring (bicyclic) bond motifs is 1. The average molecular weight is 277 g/mol. The Labute approximate surface area is 117 Å². The van der Waals surface area contributed by atoms with Gasteiger partial charge in [-0.05, 0) is 12.1 Å². The second-order valence-corrected chi connectivity index (χ2v) is 4.91. The molecule has 1 fully saturated rings. The predicted molar refractivity (Wildman–Crippen MR) is 75.3 cm³/mol. The van der Waals surface area contributed by atoms with Gasteiger partial charge in [0.05, 0.1) is 19.3 Å². The van der Waals surface area contributed by atoms with Crippen LogP contribution in [0.4, 0.5) is 5.69 Å². The summed E-state index contributed by atoms with van der Waals surface area (Å²) < 4.78 is 11.2. The summed E-state index contributed by atoms with van der Waals surface area (Å²) in [6.45, 7) is 3.65. The maximum Gasteiger partial charge on any atom is 0.242 e. The molecule has 3 rings (SSSR count). The van der Waals surface area contributed by atoms with E-state index in [0.717, 1.165) is 30.9 Å². The van der Waals surface area contributed by atoms with Crippen LogP contribution in [0.25, 0.3) is 0 Å². The fourth-order valence-corrected chi connectivity index (χ4v) is 2.31. The van der Waals surface area contributed by atoms with Gasteiger partial charge in [0.1, 0.15) is 0 Å². The molecule has 0 radical (unpaired) electrons. The van der Waals surface area contributed by atoms with Crippen molar-refractivity contribution in [2.24, 2.45) is 0 Å². The number of carbonyl (C=O) groups is 1. The summed E-state index contributed by atoms with van der Waals surface area (Å²) in [5.74, 6) is 1.39. The lowest BCUT2D eigenvalue weighted by Gasteiger charge is -2.23. The largest absolute Gasteiger partial charge is 0.490 e. The molecule has 0 saturated carbocycles. The Balaban J connectivity index is 1.68. The van der Waals surface area contributed by atoms with Gasteiger partial charge < -0.3 is 25.4 Å². The van der Waals surface area contributed by atoms with Crippen molar-refractivity contribution in [1.29, 1.82) is 0 Å². The van der Waals surface area contributed by atoms with Crippen LogP contribution in [0.2, 0.25) is 0 Å². The predicted octanol–water partition coefficient (Wildman–Crippen LogP) is 0.348. The Hall–Kier alpha value is -1.79. The van der Waals surface area contributed by atoms with Crippen LogP contribution in [0, 0.1) is 0 Å². The van der Waals surface area contributed by atoms with Crippen LogP contribution in [-0.2, 0) is 4.79 Å². The van der Waals surface area contributed by atoms with Crippen molar-refractivity contribution in [3.63, 3.8) is 0 Å². The molecule has 0 spiro atoms. The summed E-state index contributed by atoms with van der Waals surface area (Å²) in [5.41, 5.74) is 0.728. The van der Waals surface area contributed by atoms with E-state index in [1.165, 1.54) is 0 Å². The summed E-state index contributed by atoms with van der Waals surface area (Å²) in [6.07, 6.45) is 0.869. The van der Waals surface area contributed by atoms with Gasteiger partial charge in [-0.1, -0.05) is 0 Å². The SMILES string of the molecule is O=C(Nc1ccc2c(c1)OCCCO2)C1CNCCN1. The van der Waals surface area contributed by atoms with Gasteiger partial charge in [-0.15, -0.1) is 0 Å². The number of anilines is 1. The highest BCUT2D eigenvalue weighted by molar-refractivity contribution is 5.95. The maximum absolute atomic E-state index is 12.1. The lowest BCUT2D eigenvalue weighted by atomic mass is 10.2. The van der Waals surface area contributed by atoms with E-state index in [0.29, 0.717) is 25.5 Å². The minimum absolute atomic E-state index is 0.0355. The quantitative estimate of drug-likeness (QED) is 0.727. The standard InChI is InChI=1S/C14H19N3O3/c18-14(11-9-15-4-5-16-11)17-10-2-3-12-13(8-10)20-7-1-6-19-12/h2-3,8,11,15-16H,1,4-7,9H2,(H,17,18). The van der Waals surface area contributed by atoms with Crippen LogP contribution in [0.1, 0.15) is 6.42 Å². The van der Waals surface area contributed by atoms with Gasteiger partial charge in [-0.2, -0.15) is 0 Å². The van der Waals surface area contributed by atoms with Crippen LogP contribution in [0.5, 0.6) is 11.5 Å². The topological polar surface area (TPSA) is 71.6 Å². The number of hydrogen-bond acceptors (Lipinski definition) is 5. The highest BCUT2D eigenvalue weighted by atomic mass is 16.5. The monoisotopic (exact) mass is 277 g/mol. The Morgan fingerprint density at radius 2 is 2.05 bits per heavy atom. The summed E-state index contributed by atoms with van der Waals surface area (Å²) in [7, 11) is 0. The molecule has 20 heavy (non-hydrogen) atoms. The van der Waals surface area contributed by atoms with Crippen molar-refractivity contribution < 1.29 is 14.3 Å². The minimum atomic E-state index is -0.195. The molecule has 1 saturated heterocycles. The highest BCUT2D eigenvalue weighted by Crippen LogP contribution is 2.32. The molecule has 1 aromatic rings. The molecule has 108 valence electrons. The fourth-order valence-electron chi connectivity index (χ4n) is 2.31. The van der Waals surface area contributed by atoms with Crippen LogP contribution in [-0.4, -0.2) is 44.8 Å². The lowest BCUT2D eigenvalue weighted by molar-refractivity contribution is -0.118. The number of rotatable bonds is 2. The molecule has 1 amide bonds. The molecule has 2 heterocycles. The van der Waals surface area contributed by atoms with Crippen LogP contribution in [0.15, 0.2) is 18.2 Å². The van der Waals surface area contributed by atoms with E-state index in [4.69, 9.17) is 9.47 Å². The molecule has 1 unspecified atom stereocenters. The first-order valence-electron chi connectivity index (χ1n) is 6.97. The van der Waals surface area contributed by atoms with Gasteiger partial charge in [-0.25, -0.2) is 0 Å². The van der Waals surface area contributed by atoms with Gasteiger partial charge in [0.2, 0.25) is 5.91 Å². The van der Waals surface area contributed by atoms with Gasteiger partial charge in [-0.3, -0.25) is 4.79 Å². The third-order valence-corrected chi connectivity index (χ3v) is 3.37. The number of amides is 1. The molecule has 6 heteroatoms. The molecule has 0 aromatic heterocycles. The van der Waals surface area contributed by atoms with Crippen LogP contribution >= 0.6 is 0 Å². The van der Waals surface area contributed by atoms with Crippen molar-refractivity contribution >= 4 is 11.6 Å². The molecule has 1 aromatic carbocycles. The Bertz CT molecular complexity index is 487. The summed E-state index contributed by atoms with van der Waals surface area (Å²) in [5, 5.41) is 9.28. The molecule has 6 nitrogen and oxygen atoms in total. The van der Waals surface area contributed by atoms with Crippen molar-refractivity contribution in [3.8, 4) is 11.5 Å². The smallest absolute Gasteiger partial charge is 0.242 e. The third-order valence-electron chi connectivity index (χ3n) is 3.37. The zero-order valence-electron chi connectivity index (χ0n) is 11.3. The number of piperazine rings is 1. The van der Waals surface area contributed by atoms with Crippen molar-refractivity contribution in [2.75, 3.05) is 38.2 Å². The number of benzene rings is 1. The summed E-state index contributed by atoms with van der Waals surface area (Å²) in [6, 6.07) is 5.29. The highest BCUT2D eigenvalue weighted by Gasteiger charge is 2.20. The molecule has 0 aliphatic carbocycles. The Kier molecular flexibility index (Phi) is 4.03. The van der Waals surface area contributed by atoms with E-state index in [2.05, 4.69) is 16.0 Å². The van der Waals surface area contributed by atoms with E-state index < -0.39 is 0 Å². The molecule has 1 atom stereocenters. The summed E-state index contributed by atoms with van der Waals surface area (Å²) in [4.78, 5) is 12.1. The first-order chi connectivity index (χ1) is 9.83. The van der Waals surface area contributed by atoms with Gasteiger partial charge in [0, 0.05) is 37.8 Å². The van der Waals surface area contributed by atoms with Crippen molar-refractivity contribution in [2.45, 2.75) is 12.5 Å². The Morgan fingerprint density at radius 1 is 1.20 bits per heavy atom. The first-order valence-corrected chi connectivity index (χ1v) is 6.97. The maximum atomic E-state index is 12.1. The molecule has 3 N–H and O–H groups in total. The van der Waals surface area contributed by atoms with E-state index in [1.54, 1.807) is 0 Å². The Morgan fingerprint density at radius 3 is 2.85 bits per heavy atom. The second-order valence-electron chi connectivity index (χ2n) is 4.91. The van der Waals surface area contributed by atoms with Gasteiger partial charge in [0.15, 0.2) is 11.5 Å². The van der Waals surface area contributed by atoms with E-state index >= 15 is 0 Å². The lowest BCUT2D eigenvalue weighted by Crippen LogP contribution is -2.54. The van der Waals surface area contributed by atoms with Gasteiger partial charge >= 0.3 is 0 Å². The van der Waals surface area contributed by atoms with Crippen molar-refractivity contribution in [1.82, 2.24) is 10.6 Å². The average Bonchev–Trinajstić information content (AvgIpc) is 2.73. The van der Waals surface area contributed by atoms with Crippen LogP contribution < -0.4 is 25.4 Å². The third kappa shape index (κ3) is 3.02. The normalized spacial score (nSPS) is 21.9. The van der Waals surface area contributed by atoms with Crippen LogP contribution in [0.3, 0.4) is 0 Å². The zero-order valence-corrected chi connectivity index (χ0v) is 11.3. The van der Waals surface area contributed by atoms with E-state index in [9.17, 15) is 4.79 Å². The van der Waals surface area contributed by atoms with Gasteiger partial charge in [0.25, 0.3) is 0 Å². The number of hydrogen-bond donors (Lipinski definition) is 3. The summed E-state index contributed by atoms with van der Waals surface area (Å²) >= 11 is 0.